The van der Waals surface area contributed by atoms with Crippen molar-refractivity contribution in [2.24, 2.45) is 0 Å². The Balaban J connectivity index is 2.15. The van der Waals surface area contributed by atoms with Gasteiger partial charge in [0.2, 0.25) is 0 Å². The third-order valence-electron chi connectivity index (χ3n) is 2.96. The lowest BCUT2D eigenvalue weighted by Crippen LogP contribution is -2.27. The van der Waals surface area contributed by atoms with E-state index in [-0.39, 0.29) is 24.1 Å². The summed E-state index contributed by atoms with van der Waals surface area (Å²) in [6.45, 7) is 4.84. The van der Waals surface area contributed by atoms with Crippen molar-refractivity contribution >= 4 is 28.2 Å². The quantitative estimate of drug-likeness (QED) is 0.662. The van der Waals surface area contributed by atoms with Gasteiger partial charge in [-0.05, 0) is 19.8 Å². The monoisotopic (exact) mass is 298 g/mol. The lowest BCUT2D eigenvalue weighted by atomic mass is 10.1. The van der Waals surface area contributed by atoms with Gasteiger partial charge in [0.1, 0.15) is 4.88 Å². The van der Waals surface area contributed by atoms with E-state index in [0.29, 0.717) is 23.2 Å². The fraction of sp³-hybridized carbons (Fsp3) is 0.615. The summed E-state index contributed by atoms with van der Waals surface area (Å²) >= 11 is 1.20. The first kappa shape index (κ1) is 14.9. The van der Waals surface area contributed by atoms with Crippen molar-refractivity contribution in [1.29, 1.82) is 0 Å². The Labute approximate surface area is 121 Å². The molecule has 1 aromatic rings. The number of carbonyl (C=O) groups excluding carboxylic acids is 2. The Morgan fingerprint density at radius 3 is 2.75 bits per heavy atom. The van der Waals surface area contributed by atoms with Crippen LogP contribution in [0, 0.1) is 0 Å². The first-order chi connectivity index (χ1) is 9.61. The van der Waals surface area contributed by atoms with Gasteiger partial charge in [-0.15, -0.1) is 0 Å². The second-order valence-corrected chi connectivity index (χ2v) is 5.50. The van der Waals surface area contributed by atoms with Crippen LogP contribution in [0.4, 0.5) is 5.13 Å². The summed E-state index contributed by atoms with van der Waals surface area (Å²) < 4.78 is 10.2. The molecule has 1 aromatic heterocycles. The van der Waals surface area contributed by atoms with Crippen molar-refractivity contribution in [3.8, 4) is 0 Å². The zero-order chi connectivity index (χ0) is 14.5. The van der Waals surface area contributed by atoms with Gasteiger partial charge in [-0.1, -0.05) is 11.3 Å². The molecule has 0 spiro atoms. The second-order valence-electron chi connectivity index (χ2n) is 4.50. The Morgan fingerprint density at radius 2 is 2.15 bits per heavy atom. The molecule has 0 unspecified atom stereocenters. The third kappa shape index (κ3) is 3.55. The summed E-state index contributed by atoms with van der Waals surface area (Å²) in [6, 6.07) is 0.268. The number of carbonyl (C=O) groups is 2. The first-order valence-corrected chi connectivity index (χ1v) is 7.46. The minimum atomic E-state index is -0.547. The maximum absolute atomic E-state index is 11.8. The number of Topliss-reactive ketones (excluding diaryl/α,β-unsaturated/α-hetero) is 1. The maximum Gasteiger partial charge on any atom is 0.358 e. The summed E-state index contributed by atoms with van der Waals surface area (Å²) in [5, 5.41) is 3.85. The van der Waals surface area contributed by atoms with Crippen LogP contribution in [0.2, 0.25) is 0 Å². The molecular formula is C13H18N2O4S. The molecule has 110 valence electrons. The SMILES string of the molecule is CCOC(=O)c1nc(NC2CCOCC2)sc1C(C)=O. The number of anilines is 1. The molecule has 1 aliphatic rings. The van der Waals surface area contributed by atoms with E-state index in [2.05, 4.69) is 10.3 Å². The van der Waals surface area contributed by atoms with Crippen LogP contribution < -0.4 is 5.32 Å². The zero-order valence-corrected chi connectivity index (χ0v) is 12.4. The third-order valence-corrected chi connectivity index (χ3v) is 4.05. The average molecular weight is 298 g/mol. The summed E-state index contributed by atoms with van der Waals surface area (Å²) in [4.78, 5) is 28.0. The number of hydrogen-bond donors (Lipinski definition) is 1. The Kier molecular flexibility index (Phi) is 5.08. The van der Waals surface area contributed by atoms with E-state index in [0.717, 1.165) is 12.8 Å². The molecule has 20 heavy (non-hydrogen) atoms. The molecule has 7 heteroatoms. The molecule has 1 N–H and O–H groups in total. The van der Waals surface area contributed by atoms with E-state index in [1.165, 1.54) is 18.3 Å². The van der Waals surface area contributed by atoms with Gasteiger partial charge in [0, 0.05) is 26.2 Å². The molecule has 0 aliphatic carbocycles. The van der Waals surface area contributed by atoms with Crippen LogP contribution in [-0.4, -0.2) is 42.6 Å². The van der Waals surface area contributed by atoms with E-state index in [1.807, 2.05) is 0 Å². The summed E-state index contributed by atoms with van der Waals surface area (Å²) in [5.41, 5.74) is 0.110. The minimum absolute atomic E-state index is 0.110. The second kappa shape index (κ2) is 6.81. The number of ketones is 1. The maximum atomic E-state index is 11.8. The van der Waals surface area contributed by atoms with Crippen LogP contribution in [0.5, 0.6) is 0 Å². The molecule has 0 atom stereocenters. The smallest absolute Gasteiger partial charge is 0.358 e. The Morgan fingerprint density at radius 1 is 1.45 bits per heavy atom. The summed E-state index contributed by atoms with van der Waals surface area (Å²) in [5.74, 6) is -0.723. The van der Waals surface area contributed by atoms with Gasteiger partial charge in [-0.25, -0.2) is 9.78 Å². The molecule has 0 aromatic carbocycles. The lowest BCUT2D eigenvalue weighted by Gasteiger charge is -2.22. The first-order valence-electron chi connectivity index (χ1n) is 6.65. The highest BCUT2D eigenvalue weighted by atomic mass is 32.1. The van der Waals surface area contributed by atoms with Crippen molar-refractivity contribution in [2.45, 2.75) is 32.7 Å². The highest BCUT2D eigenvalue weighted by molar-refractivity contribution is 7.17. The van der Waals surface area contributed by atoms with Gasteiger partial charge in [0.15, 0.2) is 16.6 Å². The van der Waals surface area contributed by atoms with Crippen LogP contribution in [0.1, 0.15) is 46.8 Å². The number of aromatic nitrogens is 1. The lowest BCUT2D eigenvalue weighted by molar-refractivity contribution is 0.0517. The van der Waals surface area contributed by atoms with Gasteiger partial charge in [-0.2, -0.15) is 0 Å². The van der Waals surface area contributed by atoms with Gasteiger partial charge in [-0.3, -0.25) is 4.79 Å². The largest absolute Gasteiger partial charge is 0.461 e. The fourth-order valence-corrected chi connectivity index (χ4v) is 2.90. The standard InChI is InChI=1S/C13H18N2O4S/c1-3-19-12(17)10-11(8(2)16)20-13(15-10)14-9-4-6-18-7-5-9/h9H,3-7H2,1-2H3,(H,14,15). The number of hydrogen-bond acceptors (Lipinski definition) is 7. The van der Waals surface area contributed by atoms with Crippen molar-refractivity contribution in [3.05, 3.63) is 10.6 Å². The van der Waals surface area contributed by atoms with Gasteiger partial charge >= 0.3 is 5.97 Å². The number of rotatable bonds is 5. The molecule has 0 amide bonds. The number of nitrogens with zero attached hydrogens (tertiary/aromatic N) is 1. The highest BCUT2D eigenvalue weighted by Crippen LogP contribution is 2.26. The number of esters is 1. The van der Waals surface area contributed by atoms with Crippen LogP contribution in [-0.2, 0) is 9.47 Å². The molecular weight excluding hydrogens is 280 g/mol. The normalized spacial score (nSPS) is 15.9. The van der Waals surface area contributed by atoms with Gasteiger partial charge in [0.05, 0.1) is 6.61 Å². The van der Waals surface area contributed by atoms with Gasteiger partial charge < -0.3 is 14.8 Å². The summed E-state index contributed by atoms with van der Waals surface area (Å²) in [7, 11) is 0. The molecule has 1 fully saturated rings. The molecule has 0 bridgehead atoms. The fourth-order valence-electron chi connectivity index (χ4n) is 1.97. The number of ether oxygens (including phenoxy) is 2. The predicted molar refractivity (Wildman–Crippen MR) is 75.5 cm³/mol. The molecule has 2 heterocycles. The Bertz CT molecular complexity index is 495. The topological polar surface area (TPSA) is 77.5 Å². The molecule has 6 nitrogen and oxygen atoms in total. The van der Waals surface area contributed by atoms with Crippen LogP contribution >= 0.6 is 11.3 Å². The van der Waals surface area contributed by atoms with Crippen molar-refractivity contribution < 1.29 is 19.1 Å². The molecule has 0 radical (unpaired) electrons. The van der Waals surface area contributed by atoms with Crippen LogP contribution in [0.3, 0.4) is 0 Å². The summed E-state index contributed by atoms with van der Waals surface area (Å²) in [6.07, 6.45) is 1.79. The van der Waals surface area contributed by atoms with Crippen LogP contribution in [0.25, 0.3) is 0 Å². The van der Waals surface area contributed by atoms with E-state index < -0.39 is 5.97 Å². The molecule has 0 saturated carbocycles. The average Bonchev–Trinajstić information content (AvgIpc) is 2.84. The number of nitrogens with one attached hydrogen (secondary N) is 1. The van der Waals surface area contributed by atoms with Crippen molar-refractivity contribution in [1.82, 2.24) is 4.98 Å². The molecule has 1 saturated heterocycles. The Hall–Kier alpha value is -1.47. The van der Waals surface area contributed by atoms with Crippen molar-refractivity contribution in [3.63, 3.8) is 0 Å². The number of thiazole rings is 1. The van der Waals surface area contributed by atoms with E-state index in [1.54, 1.807) is 6.92 Å². The van der Waals surface area contributed by atoms with E-state index in [4.69, 9.17) is 9.47 Å². The highest BCUT2D eigenvalue weighted by Gasteiger charge is 2.23. The van der Waals surface area contributed by atoms with Crippen LogP contribution in [0.15, 0.2) is 0 Å². The van der Waals surface area contributed by atoms with E-state index in [9.17, 15) is 9.59 Å². The minimum Gasteiger partial charge on any atom is -0.461 e. The zero-order valence-electron chi connectivity index (χ0n) is 11.6. The van der Waals surface area contributed by atoms with Crippen molar-refractivity contribution in [2.75, 3.05) is 25.1 Å². The predicted octanol–water partition coefficient (Wildman–Crippen LogP) is 2.11. The molecule has 2 rings (SSSR count). The van der Waals surface area contributed by atoms with E-state index >= 15 is 0 Å². The molecule has 1 aliphatic heterocycles. The van der Waals surface area contributed by atoms with Gasteiger partial charge in [0.25, 0.3) is 0 Å².